The van der Waals surface area contributed by atoms with E-state index in [2.05, 4.69) is 59.7 Å². The molecule has 0 atom stereocenters. The van der Waals surface area contributed by atoms with Crippen LogP contribution in [0.15, 0.2) is 90.2 Å². The summed E-state index contributed by atoms with van der Waals surface area (Å²) in [6, 6.07) is 0. The summed E-state index contributed by atoms with van der Waals surface area (Å²) in [5.74, 6) is 0.989. The first-order chi connectivity index (χ1) is 12.6. The van der Waals surface area contributed by atoms with Crippen molar-refractivity contribution in [3.05, 3.63) is 85.2 Å². The molecule has 0 saturated carbocycles. The lowest BCUT2D eigenvalue weighted by Crippen LogP contribution is -2.48. The minimum atomic E-state index is 0.915. The van der Waals surface area contributed by atoms with Gasteiger partial charge in [0.1, 0.15) is 5.84 Å². The summed E-state index contributed by atoms with van der Waals surface area (Å²) in [4.78, 5) is 9.14. The number of hydrogen-bond donors (Lipinski definition) is 0. The second-order valence-corrected chi connectivity index (χ2v) is 6.18. The number of rotatable bonds is 8. The van der Waals surface area contributed by atoms with Gasteiger partial charge < -0.3 is 4.90 Å². The van der Waals surface area contributed by atoms with Gasteiger partial charge in [0, 0.05) is 38.9 Å². The molecule has 0 aromatic rings. The van der Waals surface area contributed by atoms with E-state index in [1.807, 2.05) is 38.2 Å². The molecule has 0 radical (unpaired) electrons. The predicted octanol–water partition coefficient (Wildman–Crippen LogP) is 4.91. The van der Waals surface area contributed by atoms with Crippen molar-refractivity contribution in [2.75, 3.05) is 32.7 Å². The lowest BCUT2D eigenvalue weighted by molar-refractivity contribution is 0.196. The standard InChI is InChI=1S/C23H33N3/c1-7-12-23(24-11-5)26-17-15-25(16-18-26)19-21(8-2)14-13-20(6)22(9-3)10-4/h7-14H,2-3,5,15-19H2,1,4,6H3/b12-7-,20-13+,21-14+,22-10+,24-23?. The summed E-state index contributed by atoms with van der Waals surface area (Å²) >= 11 is 0. The van der Waals surface area contributed by atoms with E-state index in [4.69, 9.17) is 0 Å². The van der Waals surface area contributed by atoms with Gasteiger partial charge in [-0.2, -0.15) is 0 Å². The monoisotopic (exact) mass is 351 g/mol. The van der Waals surface area contributed by atoms with Crippen LogP contribution in [0.5, 0.6) is 0 Å². The van der Waals surface area contributed by atoms with E-state index in [0.717, 1.165) is 44.1 Å². The van der Waals surface area contributed by atoms with Crippen molar-refractivity contribution >= 4 is 5.84 Å². The Bertz CT molecular complexity index is 636. The average Bonchev–Trinajstić information content (AvgIpc) is 2.66. The van der Waals surface area contributed by atoms with Gasteiger partial charge >= 0.3 is 0 Å². The van der Waals surface area contributed by atoms with Gasteiger partial charge in [-0.1, -0.05) is 56.2 Å². The first kappa shape index (κ1) is 21.7. The minimum absolute atomic E-state index is 0.915. The van der Waals surface area contributed by atoms with Crippen LogP contribution in [0.25, 0.3) is 0 Å². The van der Waals surface area contributed by atoms with E-state index in [-0.39, 0.29) is 0 Å². The second kappa shape index (κ2) is 12.0. The van der Waals surface area contributed by atoms with Crippen LogP contribution in [0.1, 0.15) is 20.8 Å². The summed E-state index contributed by atoms with van der Waals surface area (Å²) < 4.78 is 0. The molecule has 1 rings (SSSR count). The molecule has 0 unspecified atom stereocenters. The fourth-order valence-corrected chi connectivity index (χ4v) is 2.89. The van der Waals surface area contributed by atoms with Gasteiger partial charge in [-0.05, 0) is 43.6 Å². The van der Waals surface area contributed by atoms with Crippen LogP contribution in [0.3, 0.4) is 0 Å². The third kappa shape index (κ3) is 6.85. The van der Waals surface area contributed by atoms with Crippen LogP contribution in [0, 0.1) is 0 Å². The maximum absolute atomic E-state index is 4.37. The van der Waals surface area contributed by atoms with Crippen LogP contribution < -0.4 is 0 Å². The zero-order valence-corrected chi connectivity index (χ0v) is 16.6. The Balaban J connectivity index is 2.70. The number of aliphatic imine (C=N–C) groups is 1. The van der Waals surface area contributed by atoms with Gasteiger partial charge in [0.15, 0.2) is 0 Å². The predicted molar refractivity (Wildman–Crippen MR) is 116 cm³/mol. The molecule has 1 saturated heterocycles. The molecule has 0 aromatic carbocycles. The summed E-state index contributed by atoms with van der Waals surface area (Å²) in [6.07, 6.45) is 15.9. The van der Waals surface area contributed by atoms with Crippen molar-refractivity contribution in [1.82, 2.24) is 9.80 Å². The summed E-state index contributed by atoms with van der Waals surface area (Å²) in [7, 11) is 0. The first-order valence-electron chi connectivity index (χ1n) is 9.17. The number of nitrogens with zero attached hydrogens (tertiary/aromatic N) is 3. The maximum atomic E-state index is 4.37. The highest BCUT2D eigenvalue weighted by Crippen LogP contribution is 2.12. The SMILES string of the molecule is C=CN=C(/C=C\C)N1CCN(C/C(C=C)=C/C=C(C)/C(C=C)=C/C)CC1. The zero-order chi connectivity index (χ0) is 19.4. The number of allylic oxidation sites excluding steroid dienone is 7. The topological polar surface area (TPSA) is 18.8 Å². The molecule has 0 spiro atoms. The molecule has 0 aromatic heterocycles. The van der Waals surface area contributed by atoms with E-state index in [0.29, 0.717) is 0 Å². The van der Waals surface area contributed by atoms with Crippen molar-refractivity contribution in [2.45, 2.75) is 20.8 Å². The van der Waals surface area contributed by atoms with E-state index >= 15 is 0 Å². The fourth-order valence-electron chi connectivity index (χ4n) is 2.89. The van der Waals surface area contributed by atoms with Gasteiger partial charge in [0.2, 0.25) is 0 Å². The van der Waals surface area contributed by atoms with Crippen LogP contribution >= 0.6 is 0 Å². The van der Waals surface area contributed by atoms with Crippen LogP contribution in [0.4, 0.5) is 0 Å². The molecule has 1 aliphatic heterocycles. The minimum Gasteiger partial charge on any atom is -0.354 e. The lowest BCUT2D eigenvalue weighted by atomic mass is 10.1. The fraction of sp³-hybridized carbons (Fsp3) is 0.348. The van der Waals surface area contributed by atoms with Crippen molar-refractivity contribution in [1.29, 1.82) is 0 Å². The highest BCUT2D eigenvalue weighted by atomic mass is 15.3. The van der Waals surface area contributed by atoms with Crippen molar-refractivity contribution in [3.8, 4) is 0 Å². The molecule has 1 heterocycles. The van der Waals surface area contributed by atoms with Gasteiger partial charge in [0.05, 0.1) is 0 Å². The van der Waals surface area contributed by atoms with E-state index in [9.17, 15) is 0 Å². The van der Waals surface area contributed by atoms with Crippen LogP contribution in [0.2, 0.25) is 0 Å². The Morgan fingerprint density at radius 1 is 1.00 bits per heavy atom. The normalized spacial score (nSPS) is 18.3. The van der Waals surface area contributed by atoms with E-state index in [1.54, 1.807) is 6.20 Å². The smallest absolute Gasteiger partial charge is 0.128 e. The third-order valence-electron chi connectivity index (χ3n) is 4.44. The highest BCUT2D eigenvalue weighted by molar-refractivity contribution is 5.93. The van der Waals surface area contributed by atoms with Crippen molar-refractivity contribution in [2.24, 2.45) is 4.99 Å². The van der Waals surface area contributed by atoms with E-state index in [1.165, 1.54) is 11.1 Å². The van der Waals surface area contributed by atoms with Gasteiger partial charge in [-0.25, -0.2) is 4.99 Å². The molecule has 3 heteroatoms. The Kier molecular flexibility index (Phi) is 10.0. The van der Waals surface area contributed by atoms with Crippen molar-refractivity contribution < 1.29 is 0 Å². The molecular weight excluding hydrogens is 318 g/mol. The van der Waals surface area contributed by atoms with Gasteiger partial charge in [-0.3, -0.25) is 4.90 Å². The molecule has 26 heavy (non-hydrogen) atoms. The first-order valence-corrected chi connectivity index (χ1v) is 9.17. The van der Waals surface area contributed by atoms with E-state index < -0.39 is 0 Å². The molecular formula is C23H33N3. The van der Waals surface area contributed by atoms with Gasteiger partial charge in [0.25, 0.3) is 0 Å². The molecule has 0 N–H and O–H groups in total. The highest BCUT2D eigenvalue weighted by Gasteiger charge is 2.18. The summed E-state index contributed by atoms with van der Waals surface area (Å²) in [5, 5.41) is 0. The largest absolute Gasteiger partial charge is 0.354 e. The molecule has 140 valence electrons. The molecule has 1 aliphatic rings. The molecule has 1 fully saturated rings. The Labute approximate surface area is 159 Å². The van der Waals surface area contributed by atoms with Gasteiger partial charge in [-0.15, -0.1) is 0 Å². The van der Waals surface area contributed by atoms with Crippen LogP contribution in [-0.4, -0.2) is 48.4 Å². The number of hydrogen-bond acceptors (Lipinski definition) is 2. The van der Waals surface area contributed by atoms with Crippen molar-refractivity contribution in [3.63, 3.8) is 0 Å². The molecule has 0 amide bonds. The van der Waals surface area contributed by atoms with Crippen LogP contribution in [-0.2, 0) is 0 Å². The molecule has 3 nitrogen and oxygen atoms in total. The quantitative estimate of drug-likeness (QED) is 0.351. The second-order valence-electron chi connectivity index (χ2n) is 6.18. The Morgan fingerprint density at radius 3 is 2.19 bits per heavy atom. The third-order valence-corrected chi connectivity index (χ3v) is 4.44. The number of piperazine rings is 1. The molecule has 0 aliphatic carbocycles. The molecule has 0 bridgehead atoms. The summed E-state index contributed by atoms with van der Waals surface area (Å²) in [6.45, 7) is 22.6. The lowest BCUT2D eigenvalue weighted by Gasteiger charge is -2.36. The summed E-state index contributed by atoms with van der Waals surface area (Å²) in [5.41, 5.74) is 3.60. The average molecular weight is 352 g/mol. The maximum Gasteiger partial charge on any atom is 0.128 e. The Hall–Kier alpha value is -2.39. The number of amidine groups is 1. The zero-order valence-electron chi connectivity index (χ0n) is 16.6. The Morgan fingerprint density at radius 2 is 1.69 bits per heavy atom.